The smallest absolute Gasteiger partial charge is 0.141 e. The van der Waals surface area contributed by atoms with Crippen LogP contribution in [0.1, 0.15) is 16.7 Å². The number of benzene rings is 1. The summed E-state index contributed by atoms with van der Waals surface area (Å²) in [4.78, 5) is 3.83. The summed E-state index contributed by atoms with van der Waals surface area (Å²) in [6.07, 6.45) is 2.78. The summed E-state index contributed by atoms with van der Waals surface area (Å²) >= 11 is 5.67. The number of pyridine rings is 1. The minimum atomic E-state index is -0.477. The van der Waals surface area contributed by atoms with Gasteiger partial charge in [-0.15, -0.1) is 0 Å². The molecule has 1 aromatic heterocycles. The van der Waals surface area contributed by atoms with E-state index in [4.69, 9.17) is 16.3 Å². The van der Waals surface area contributed by atoms with E-state index in [0.717, 1.165) is 5.56 Å². The molecule has 0 bridgehead atoms. The summed E-state index contributed by atoms with van der Waals surface area (Å²) in [6.45, 7) is 0.113. The number of nitrogens with zero attached hydrogens (tertiary/aromatic N) is 1. The van der Waals surface area contributed by atoms with Gasteiger partial charge in [0.05, 0.1) is 31.0 Å². The Morgan fingerprint density at radius 2 is 2.05 bits per heavy atom. The molecule has 20 heavy (non-hydrogen) atoms. The van der Waals surface area contributed by atoms with E-state index in [9.17, 15) is 14.6 Å². The lowest BCUT2D eigenvalue weighted by Crippen LogP contribution is -2.00. The van der Waals surface area contributed by atoms with Crippen LogP contribution in [0.25, 0.3) is 0 Å². The third kappa shape index (κ3) is 3.45. The number of ether oxygens (including phenoxy) is 1. The van der Waals surface area contributed by atoms with Gasteiger partial charge in [0.1, 0.15) is 11.6 Å². The van der Waals surface area contributed by atoms with Crippen molar-refractivity contribution in [3.8, 4) is 5.75 Å². The van der Waals surface area contributed by atoms with E-state index in [1.54, 1.807) is 6.07 Å². The molecule has 0 aliphatic rings. The van der Waals surface area contributed by atoms with E-state index in [1.165, 1.54) is 24.5 Å². The Morgan fingerprint density at radius 1 is 1.25 bits per heavy atom. The SMILES string of the molecule is OCc1c(O)cncc1COCc1ccc(F)c(Cl)c1. The molecule has 106 valence electrons. The van der Waals surface area contributed by atoms with Gasteiger partial charge in [-0.1, -0.05) is 17.7 Å². The van der Waals surface area contributed by atoms with Crippen LogP contribution in [0.4, 0.5) is 4.39 Å². The highest BCUT2D eigenvalue weighted by atomic mass is 35.5. The fourth-order valence-electron chi connectivity index (χ4n) is 1.73. The molecule has 6 heteroatoms. The van der Waals surface area contributed by atoms with Crippen molar-refractivity contribution in [2.45, 2.75) is 19.8 Å². The lowest BCUT2D eigenvalue weighted by molar-refractivity contribution is 0.105. The maximum atomic E-state index is 13.0. The number of rotatable bonds is 5. The molecule has 4 nitrogen and oxygen atoms in total. The second-order valence-corrected chi connectivity index (χ2v) is 4.60. The van der Waals surface area contributed by atoms with Crippen molar-refractivity contribution in [3.05, 3.63) is 58.1 Å². The van der Waals surface area contributed by atoms with Gasteiger partial charge in [-0.3, -0.25) is 4.98 Å². The van der Waals surface area contributed by atoms with Gasteiger partial charge in [0, 0.05) is 17.3 Å². The van der Waals surface area contributed by atoms with Crippen molar-refractivity contribution in [2.75, 3.05) is 0 Å². The van der Waals surface area contributed by atoms with E-state index < -0.39 is 5.82 Å². The summed E-state index contributed by atoms with van der Waals surface area (Å²) in [6, 6.07) is 4.34. The molecule has 2 N–H and O–H groups in total. The predicted molar refractivity (Wildman–Crippen MR) is 71.7 cm³/mol. The topological polar surface area (TPSA) is 62.6 Å². The lowest BCUT2D eigenvalue weighted by atomic mass is 10.1. The van der Waals surface area contributed by atoms with Gasteiger partial charge in [0.2, 0.25) is 0 Å². The Morgan fingerprint density at radius 3 is 2.75 bits per heavy atom. The Balaban J connectivity index is 1.99. The van der Waals surface area contributed by atoms with Crippen molar-refractivity contribution in [1.29, 1.82) is 0 Å². The second kappa shape index (κ2) is 6.65. The maximum Gasteiger partial charge on any atom is 0.141 e. The van der Waals surface area contributed by atoms with Crippen LogP contribution in [0.15, 0.2) is 30.6 Å². The van der Waals surface area contributed by atoms with Crippen LogP contribution in [0.5, 0.6) is 5.75 Å². The zero-order valence-electron chi connectivity index (χ0n) is 10.5. The molecule has 0 unspecified atom stereocenters. The molecular weight excluding hydrogens is 285 g/mol. The number of halogens is 2. The van der Waals surface area contributed by atoms with Gasteiger partial charge in [0.15, 0.2) is 0 Å². The standard InChI is InChI=1S/C14H13ClFNO3/c15-12-3-9(1-2-13(12)16)7-20-8-10-4-17-5-14(19)11(10)6-18/h1-5,18-19H,6-8H2. The number of aromatic nitrogens is 1. The molecule has 0 radical (unpaired) electrons. The molecular formula is C14H13ClFNO3. The van der Waals surface area contributed by atoms with Crippen LogP contribution >= 0.6 is 11.6 Å². The molecule has 0 aliphatic carbocycles. The third-order valence-corrected chi connectivity index (χ3v) is 3.08. The summed E-state index contributed by atoms with van der Waals surface area (Å²) in [5.41, 5.74) is 1.72. The number of aromatic hydroxyl groups is 1. The number of aliphatic hydroxyl groups excluding tert-OH is 1. The van der Waals surface area contributed by atoms with Crippen molar-refractivity contribution in [3.63, 3.8) is 0 Å². The number of aliphatic hydroxyl groups is 1. The Labute approximate surface area is 120 Å². The van der Waals surface area contributed by atoms with Gasteiger partial charge < -0.3 is 14.9 Å². The van der Waals surface area contributed by atoms with Crippen molar-refractivity contribution in [1.82, 2.24) is 4.98 Å². The van der Waals surface area contributed by atoms with E-state index in [2.05, 4.69) is 4.98 Å². The summed E-state index contributed by atoms with van der Waals surface area (Å²) in [7, 11) is 0. The first-order valence-corrected chi connectivity index (χ1v) is 6.27. The molecule has 0 spiro atoms. The quantitative estimate of drug-likeness (QED) is 0.891. The average molecular weight is 298 g/mol. The highest BCUT2D eigenvalue weighted by Crippen LogP contribution is 2.21. The van der Waals surface area contributed by atoms with Crippen LogP contribution in [0, 0.1) is 5.82 Å². The first-order chi connectivity index (χ1) is 9.61. The minimum Gasteiger partial charge on any atom is -0.506 e. The van der Waals surface area contributed by atoms with Gasteiger partial charge in [-0.2, -0.15) is 0 Å². The van der Waals surface area contributed by atoms with Gasteiger partial charge in [-0.25, -0.2) is 4.39 Å². The maximum absolute atomic E-state index is 13.0. The molecule has 1 aromatic carbocycles. The molecule has 1 heterocycles. The van der Waals surface area contributed by atoms with Gasteiger partial charge >= 0.3 is 0 Å². The Bertz CT molecular complexity index is 607. The van der Waals surface area contributed by atoms with Crippen LogP contribution in [0.3, 0.4) is 0 Å². The highest BCUT2D eigenvalue weighted by Gasteiger charge is 2.08. The largest absolute Gasteiger partial charge is 0.506 e. The van der Waals surface area contributed by atoms with Gasteiger partial charge in [0.25, 0.3) is 0 Å². The molecule has 0 aliphatic heterocycles. The predicted octanol–water partition coefficient (Wildman–Crippen LogP) is 2.79. The van der Waals surface area contributed by atoms with Crippen molar-refractivity contribution < 1.29 is 19.3 Å². The second-order valence-electron chi connectivity index (χ2n) is 4.20. The van der Waals surface area contributed by atoms with Crippen LogP contribution in [0.2, 0.25) is 5.02 Å². The molecule has 0 saturated heterocycles. The normalized spacial score (nSPS) is 10.8. The zero-order chi connectivity index (χ0) is 14.5. The van der Waals surface area contributed by atoms with Crippen molar-refractivity contribution >= 4 is 11.6 Å². The minimum absolute atomic E-state index is 0.0427. The molecule has 2 rings (SSSR count). The fraction of sp³-hybridized carbons (Fsp3) is 0.214. The van der Waals surface area contributed by atoms with E-state index in [1.807, 2.05) is 0 Å². The first kappa shape index (κ1) is 14.7. The highest BCUT2D eigenvalue weighted by molar-refractivity contribution is 6.30. The number of hydrogen-bond donors (Lipinski definition) is 2. The fourth-order valence-corrected chi connectivity index (χ4v) is 1.94. The van der Waals surface area contributed by atoms with Crippen molar-refractivity contribution in [2.24, 2.45) is 0 Å². The summed E-state index contributed by atoms with van der Waals surface area (Å²) in [5.74, 6) is -0.548. The summed E-state index contributed by atoms with van der Waals surface area (Å²) in [5, 5.41) is 18.8. The molecule has 0 atom stereocenters. The molecule has 0 fully saturated rings. The van der Waals surface area contributed by atoms with Crippen LogP contribution < -0.4 is 0 Å². The Kier molecular flexibility index (Phi) is 4.89. The molecule has 0 amide bonds. The zero-order valence-corrected chi connectivity index (χ0v) is 11.3. The van der Waals surface area contributed by atoms with Crippen LogP contribution in [-0.4, -0.2) is 15.2 Å². The Hall–Kier alpha value is -1.69. The first-order valence-electron chi connectivity index (χ1n) is 5.89. The van der Waals surface area contributed by atoms with E-state index >= 15 is 0 Å². The van der Waals surface area contributed by atoms with Crippen LogP contribution in [-0.2, 0) is 24.6 Å². The molecule has 2 aromatic rings. The molecule has 0 saturated carbocycles. The summed E-state index contributed by atoms with van der Waals surface area (Å²) < 4.78 is 18.4. The lowest BCUT2D eigenvalue weighted by Gasteiger charge is -2.09. The van der Waals surface area contributed by atoms with E-state index in [-0.39, 0.29) is 30.6 Å². The third-order valence-electron chi connectivity index (χ3n) is 2.79. The monoisotopic (exact) mass is 297 g/mol. The average Bonchev–Trinajstić information content (AvgIpc) is 2.43. The van der Waals surface area contributed by atoms with Gasteiger partial charge in [-0.05, 0) is 17.7 Å². The number of hydrogen-bond acceptors (Lipinski definition) is 4. The van der Waals surface area contributed by atoms with E-state index in [0.29, 0.717) is 11.1 Å².